The van der Waals surface area contributed by atoms with Gasteiger partial charge in [-0.05, 0) is 83.5 Å². The van der Waals surface area contributed by atoms with Crippen LogP contribution in [-0.4, -0.2) is 99.6 Å². The molecule has 8 unspecified atom stereocenters. The molecule has 0 saturated carbocycles. The second kappa shape index (κ2) is 55.2. The van der Waals surface area contributed by atoms with E-state index in [1.807, 2.05) is 6.08 Å². The zero-order valence-electron chi connectivity index (χ0n) is 50.5. The minimum Gasteiger partial charge on any atom is -0.454 e. The van der Waals surface area contributed by atoms with Crippen LogP contribution in [0.1, 0.15) is 303 Å². The molecule has 11 heteroatoms. The molecular formula is C67H123NO10. The number of esters is 1. The van der Waals surface area contributed by atoms with Crippen LogP contribution < -0.4 is 5.32 Å². The lowest BCUT2D eigenvalue weighted by molar-refractivity contribution is -0.305. The van der Waals surface area contributed by atoms with Gasteiger partial charge in [-0.3, -0.25) is 9.59 Å². The number of aliphatic hydroxyl groups is 5. The minimum atomic E-state index is -1.62. The molecule has 1 amide bonds. The van der Waals surface area contributed by atoms with Crippen LogP contribution in [0.15, 0.2) is 48.6 Å². The van der Waals surface area contributed by atoms with Crippen molar-refractivity contribution < 1.29 is 49.3 Å². The molecule has 1 saturated heterocycles. The SMILES string of the molecule is CCCCC/C=C\C/C=C\CCCCCCCCCCCCCCCCC(O)C(=O)NC(COC1OC(CO)C(O)C(O)C1OC(=O)CCCCC/C=C\CCCCCCCC)C(O)/C=C/CCCCCCCCCCCC. The molecule has 1 aliphatic rings. The third-order valence-electron chi connectivity index (χ3n) is 15.5. The van der Waals surface area contributed by atoms with Crippen LogP contribution in [0.3, 0.4) is 0 Å². The van der Waals surface area contributed by atoms with Gasteiger partial charge in [-0.15, -0.1) is 0 Å². The molecule has 78 heavy (non-hydrogen) atoms. The molecule has 0 spiro atoms. The predicted octanol–water partition coefficient (Wildman–Crippen LogP) is 16.0. The molecular weight excluding hydrogens is 979 g/mol. The highest BCUT2D eigenvalue weighted by atomic mass is 16.7. The van der Waals surface area contributed by atoms with E-state index < -0.39 is 67.4 Å². The maximum absolute atomic E-state index is 13.4. The van der Waals surface area contributed by atoms with E-state index in [2.05, 4.69) is 62.5 Å². The van der Waals surface area contributed by atoms with Crippen LogP contribution in [0.4, 0.5) is 0 Å². The summed E-state index contributed by atoms with van der Waals surface area (Å²) in [7, 11) is 0. The van der Waals surface area contributed by atoms with Gasteiger partial charge in [-0.1, -0.05) is 262 Å². The van der Waals surface area contributed by atoms with Gasteiger partial charge in [0.25, 0.3) is 0 Å². The number of carbonyl (C=O) groups is 2. The Hall–Kier alpha value is -2.38. The molecule has 1 aliphatic heterocycles. The zero-order valence-corrected chi connectivity index (χ0v) is 50.5. The summed E-state index contributed by atoms with van der Waals surface area (Å²) < 4.78 is 17.6. The molecule has 11 nitrogen and oxygen atoms in total. The van der Waals surface area contributed by atoms with Crippen molar-refractivity contribution in [3.05, 3.63) is 48.6 Å². The Labute approximate surface area is 478 Å². The van der Waals surface area contributed by atoms with Crippen LogP contribution in [0.2, 0.25) is 0 Å². The largest absolute Gasteiger partial charge is 0.454 e. The van der Waals surface area contributed by atoms with Gasteiger partial charge in [-0.2, -0.15) is 0 Å². The lowest BCUT2D eigenvalue weighted by atomic mass is 9.99. The smallest absolute Gasteiger partial charge is 0.306 e. The number of ether oxygens (including phenoxy) is 3. The van der Waals surface area contributed by atoms with E-state index in [1.165, 1.54) is 186 Å². The molecule has 6 N–H and O–H groups in total. The van der Waals surface area contributed by atoms with Crippen LogP contribution in [-0.2, 0) is 23.8 Å². The summed E-state index contributed by atoms with van der Waals surface area (Å²) in [5.74, 6) is -1.20. The van der Waals surface area contributed by atoms with Gasteiger partial charge in [-0.25, -0.2) is 0 Å². The van der Waals surface area contributed by atoms with Crippen molar-refractivity contribution >= 4 is 11.9 Å². The number of carbonyl (C=O) groups excluding carboxylic acids is 2. The Kier molecular flexibility index (Phi) is 52.1. The number of unbranched alkanes of at least 4 members (excludes halogenated alkanes) is 36. The van der Waals surface area contributed by atoms with E-state index in [1.54, 1.807) is 6.08 Å². The molecule has 0 bridgehead atoms. The molecule has 0 radical (unpaired) electrons. The van der Waals surface area contributed by atoms with Crippen molar-refractivity contribution in [1.82, 2.24) is 5.32 Å². The lowest BCUT2D eigenvalue weighted by Crippen LogP contribution is -2.61. The second-order valence-electron chi connectivity index (χ2n) is 22.8. The van der Waals surface area contributed by atoms with Crippen molar-refractivity contribution in [2.75, 3.05) is 13.2 Å². The average Bonchev–Trinajstić information content (AvgIpc) is 3.45. The summed E-state index contributed by atoms with van der Waals surface area (Å²) >= 11 is 0. The Morgan fingerprint density at radius 1 is 0.500 bits per heavy atom. The van der Waals surface area contributed by atoms with E-state index in [4.69, 9.17) is 14.2 Å². The molecule has 1 rings (SSSR count). The van der Waals surface area contributed by atoms with Crippen molar-refractivity contribution in [1.29, 1.82) is 0 Å². The monoisotopic (exact) mass is 1100 g/mol. The third-order valence-corrected chi connectivity index (χ3v) is 15.5. The van der Waals surface area contributed by atoms with Gasteiger partial charge in [0.1, 0.15) is 24.4 Å². The molecule has 456 valence electrons. The Balaban J connectivity index is 2.60. The molecule has 0 aromatic heterocycles. The number of aliphatic hydroxyl groups excluding tert-OH is 5. The van der Waals surface area contributed by atoms with Crippen LogP contribution in [0.25, 0.3) is 0 Å². The minimum absolute atomic E-state index is 0.105. The molecule has 0 aliphatic carbocycles. The lowest BCUT2D eigenvalue weighted by Gasteiger charge is -2.41. The third kappa shape index (κ3) is 42.5. The van der Waals surface area contributed by atoms with Gasteiger partial charge >= 0.3 is 5.97 Å². The van der Waals surface area contributed by atoms with E-state index in [-0.39, 0.29) is 13.0 Å². The van der Waals surface area contributed by atoms with Gasteiger partial charge in [0.05, 0.1) is 25.4 Å². The number of allylic oxidation sites excluding steroid dienone is 7. The van der Waals surface area contributed by atoms with Crippen molar-refractivity contribution in [3.63, 3.8) is 0 Å². The van der Waals surface area contributed by atoms with Gasteiger partial charge < -0.3 is 45.1 Å². The van der Waals surface area contributed by atoms with Crippen molar-refractivity contribution in [2.45, 2.75) is 352 Å². The van der Waals surface area contributed by atoms with Crippen molar-refractivity contribution in [3.8, 4) is 0 Å². The maximum Gasteiger partial charge on any atom is 0.306 e. The highest BCUT2D eigenvalue weighted by molar-refractivity contribution is 5.80. The van der Waals surface area contributed by atoms with Crippen molar-refractivity contribution in [2.24, 2.45) is 0 Å². The molecule has 0 aromatic rings. The highest BCUT2D eigenvalue weighted by Gasteiger charge is 2.47. The number of nitrogens with one attached hydrogen (secondary N) is 1. The second-order valence-corrected chi connectivity index (χ2v) is 22.8. The number of hydrogen-bond donors (Lipinski definition) is 6. The first-order chi connectivity index (χ1) is 38.2. The number of rotatable bonds is 56. The first-order valence-corrected chi connectivity index (χ1v) is 32.9. The normalized spacial score (nSPS) is 19.2. The Bertz CT molecular complexity index is 1450. The van der Waals surface area contributed by atoms with E-state index >= 15 is 0 Å². The summed E-state index contributed by atoms with van der Waals surface area (Å²) in [6, 6.07) is -1.03. The quantitative estimate of drug-likeness (QED) is 0.0195. The predicted molar refractivity (Wildman–Crippen MR) is 324 cm³/mol. The topological polar surface area (TPSA) is 175 Å². The fourth-order valence-electron chi connectivity index (χ4n) is 10.2. The van der Waals surface area contributed by atoms with E-state index in [0.29, 0.717) is 19.3 Å². The van der Waals surface area contributed by atoms with Gasteiger partial charge in [0, 0.05) is 6.42 Å². The summed E-state index contributed by atoms with van der Waals surface area (Å²) in [6.07, 6.45) is 57.3. The maximum atomic E-state index is 13.4. The Morgan fingerprint density at radius 2 is 0.885 bits per heavy atom. The summed E-state index contributed by atoms with van der Waals surface area (Å²) in [5.41, 5.74) is 0. The summed E-state index contributed by atoms with van der Waals surface area (Å²) in [5, 5.41) is 57.0. The summed E-state index contributed by atoms with van der Waals surface area (Å²) in [4.78, 5) is 26.5. The van der Waals surface area contributed by atoms with E-state index in [0.717, 1.165) is 70.6 Å². The molecule has 1 fully saturated rings. The fourth-order valence-corrected chi connectivity index (χ4v) is 10.2. The number of amides is 1. The highest BCUT2D eigenvalue weighted by Crippen LogP contribution is 2.26. The zero-order chi connectivity index (χ0) is 56.8. The van der Waals surface area contributed by atoms with E-state index in [9.17, 15) is 35.1 Å². The summed E-state index contributed by atoms with van der Waals surface area (Å²) in [6.45, 7) is 5.76. The van der Waals surface area contributed by atoms with Gasteiger partial charge in [0.2, 0.25) is 5.91 Å². The first kappa shape index (κ1) is 73.6. The molecule has 0 aromatic carbocycles. The Morgan fingerprint density at radius 3 is 1.35 bits per heavy atom. The van der Waals surface area contributed by atoms with Crippen LogP contribution in [0, 0.1) is 0 Å². The average molecular weight is 1100 g/mol. The molecule has 8 atom stereocenters. The fraction of sp³-hybridized carbons (Fsp3) is 0.851. The number of hydrogen-bond acceptors (Lipinski definition) is 10. The van der Waals surface area contributed by atoms with Crippen LogP contribution in [0.5, 0.6) is 0 Å². The standard InChI is InChI=1S/C67H123NO10/c1-4-7-10-13-16-19-22-25-26-27-28-29-30-31-32-33-34-35-37-39-42-45-48-51-54-60(71)66(75)68-58(59(70)53-50-47-44-41-38-24-21-18-15-12-9-6-3)57-76-67-65(64(74)63(73)61(56-69)77-67)78-62(72)55-52-49-46-43-40-36-23-20-17-14-11-8-5-2/h16,19,25-26,36,40,50,53,58-61,63-65,67,69-71,73-74H,4-15,17-18,20-24,27-35,37-39,41-49,51-52,54-57H2,1-3H3,(H,68,75)/b19-16-,26-25-,40-36-,53-50+. The van der Waals surface area contributed by atoms with Crippen LogP contribution >= 0.6 is 0 Å². The first-order valence-electron chi connectivity index (χ1n) is 32.9. The molecule has 1 heterocycles. The van der Waals surface area contributed by atoms with Gasteiger partial charge in [0.15, 0.2) is 12.4 Å².